The summed E-state index contributed by atoms with van der Waals surface area (Å²) in [6.07, 6.45) is 2.27. The van der Waals surface area contributed by atoms with Crippen LogP contribution in [-0.4, -0.2) is 30.6 Å². The number of rotatable bonds is 2. The predicted octanol–water partition coefficient (Wildman–Crippen LogP) is -1.05. The van der Waals surface area contributed by atoms with Gasteiger partial charge >= 0.3 is 6.03 Å². The minimum Gasteiger partial charge on any atom is -0.336 e. The molecule has 5 nitrogen and oxygen atoms in total. The predicted molar refractivity (Wildman–Crippen MR) is 41.5 cm³/mol. The van der Waals surface area contributed by atoms with E-state index in [0.717, 1.165) is 12.8 Å². The Labute approximate surface area is 69.9 Å². The van der Waals surface area contributed by atoms with Gasteiger partial charge in [0.2, 0.25) is 5.91 Å². The van der Waals surface area contributed by atoms with Crippen molar-refractivity contribution in [2.45, 2.75) is 24.9 Å². The van der Waals surface area contributed by atoms with Crippen LogP contribution in [0.5, 0.6) is 0 Å². The fraction of sp³-hybridized carbons (Fsp3) is 0.714. The Morgan fingerprint density at radius 3 is 2.67 bits per heavy atom. The van der Waals surface area contributed by atoms with Crippen molar-refractivity contribution in [2.75, 3.05) is 6.54 Å². The summed E-state index contributed by atoms with van der Waals surface area (Å²) in [6.45, 7) is 0.404. The highest BCUT2D eigenvalue weighted by Crippen LogP contribution is 2.19. The Kier molecular flexibility index (Phi) is 1.73. The summed E-state index contributed by atoms with van der Waals surface area (Å²) in [6, 6.07) is -0.153. The van der Waals surface area contributed by atoms with Gasteiger partial charge in [-0.2, -0.15) is 0 Å². The van der Waals surface area contributed by atoms with Crippen LogP contribution < -0.4 is 16.0 Å². The Bertz CT molecular complexity index is 225. The van der Waals surface area contributed by atoms with Crippen molar-refractivity contribution in [1.82, 2.24) is 16.0 Å². The van der Waals surface area contributed by atoms with E-state index in [9.17, 15) is 9.59 Å². The molecule has 1 unspecified atom stereocenters. The highest BCUT2D eigenvalue weighted by Gasteiger charge is 2.31. The van der Waals surface area contributed by atoms with Crippen molar-refractivity contribution >= 4 is 11.9 Å². The van der Waals surface area contributed by atoms with E-state index in [4.69, 9.17) is 0 Å². The molecular weight excluding hydrogens is 158 g/mol. The summed E-state index contributed by atoms with van der Waals surface area (Å²) in [4.78, 5) is 21.8. The maximum absolute atomic E-state index is 11.1. The topological polar surface area (TPSA) is 70.2 Å². The second kappa shape index (κ2) is 2.75. The fourth-order valence-corrected chi connectivity index (χ4v) is 1.20. The van der Waals surface area contributed by atoms with Crippen LogP contribution >= 0.6 is 0 Å². The van der Waals surface area contributed by atoms with Crippen LogP contribution in [0.4, 0.5) is 4.79 Å². The number of carbonyl (C=O) groups is 2. The molecule has 5 heteroatoms. The molecule has 66 valence electrons. The molecule has 12 heavy (non-hydrogen) atoms. The number of urea groups is 1. The van der Waals surface area contributed by atoms with E-state index in [1.807, 2.05) is 0 Å². The van der Waals surface area contributed by atoms with Crippen molar-refractivity contribution in [2.24, 2.45) is 0 Å². The van der Waals surface area contributed by atoms with Crippen molar-refractivity contribution in [3.63, 3.8) is 0 Å². The fourth-order valence-electron chi connectivity index (χ4n) is 1.20. The van der Waals surface area contributed by atoms with Gasteiger partial charge < -0.3 is 10.6 Å². The molecule has 0 aromatic carbocycles. The molecule has 1 saturated heterocycles. The van der Waals surface area contributed by atoms with Gasteiger partial charge in [0.1, 0.15) is 6.04 Å². The Hall–Kier alpha value is -1.10. The van der Waals surface area contributed by atoms with Gasteiger partial charge in [-0.15, -0.1) is 0 Å². The van der Waals surface area contributed by atoms with Gasteiger partial charge in [0.05, 0.1) is 0 Å². The summed E-state index contributed by atoms with van der Waals surface area (Å²) in [5.41, 5.74) is 0. The van der Waals surface area contributed by atoms with Crippen LogP contribution in [0.25, 0.3) is 0 Å². The number of hydrogen-bond donors (Lipinski definition) is 3. The Morgan fingerprint density at radius 2 is 2.08 bits per heavy atom. The van der Waals surface area contributed by atoms with E-state index in [0.29, 0.717) is 12.6 Å². The first-order valence-electron chi connectivity index (χ1n) is 4.10. The molecule has 2 aliphatic rings. The van der Waals surface area contributed by atoms with Gasteiger partial charge in [0, 0.05) is 12.6 Å². The number of hydrogen-bond acceptors (Lipinski definition) is 3. The zero-order chi connectivity index (χ0) is 8.55. The van der Waals surface area contributed by atoms with Gasteiger partial charge in [-0.05, 0) is 12.8 Å². The number of amides is 3. The lowest BCUT2D eigenvalue weighted by Gasteiger charge is -2.22. The maximum atomic E-state index is 11.1. The molecule has 1 atom stereocenters. The normalized spacial score (nSPS) is 29.5. The molecule has 1 heterocycles. The lowest BCUT2D eigenvalue weighted by molar-refractivity contribution is -0.122. The van der Waals surface area contributed by atoms with Gasteiger partial charge in [0.15, 0.2) is 0 Å². The van der Waals surface area contributed by atoms with Gasteiger partial charge in [0.25, 0.3) is 0 Å². The third kappa shape index (κ3) is 1.55. The van der Waals surface area contributed by atoms with E-state index in [1.54, 1.807) is 0 Å². The lowest BCUT2D eigenvalue weighted by atomic mass is 10.2. The highest BCUT2D eigenvalue weighted by atomic mass is 16.2. The van der Waals surface area contributed by atoms with Crippen molar-refractivity contribution in [1.29, 1.82) is 0 Å². The first-order chi connectivity index (χ1) is 5.75. The molecule has 2 fully saturated rings. The highest BCUT2D eigenvalue weighted by molar-refractivity contribution is 5.99. The van der Waals surface area contributed by atoms with E-state index in [-0.39, 0.29) is 11.9 Å². The molecule has 3 amide bonds. The molecule has 1 aliphatic heterocycles. The molecule has 1 saturated carbocycles. The Morgan fingerprint density at radius 1 is 1.33 bits per heavy atom. The van der Waals surface area contributed by atoms with Crippen molar-refractivity contribution in [3.8, 4) is 0 Å². The largest absolute Gasteiger partial charge is 0.336 e. The summed E-state index contributed by atoms with van der Waals surface area (Å²) >= 11 is 0. The molecule has 0 bridgehead atoms. The minimum atomic E-state index is -0.395. The average Bonchev–Trinajstić information content (AvgIpc) is 2.79. The smallest absolute Gasteiger partial charge is 0.321 e. The second-order valence-corrected chi connectivity index (χ2v) is 3.19. The van der Waals surface area contributed by atoms with Gasteiger partial charge in [-0.3, -0.25) is 10.1 Å². The average molecular weight is 169 g/mol. The molecular formula is C7H11N3O2. The van der Waals surface area contributed by atoms with Gasteiger partial charge in [-0.25, -0.2) is 4.79 Å². The molecule has 1 aliphatic carbocycles. The zero-order valence-electron chi connectivity index (χ0n) is 6.59. The van der Waals surface area contributed by atoms with E-state index < -0.39 is 6.03 Å². The summed E-state index contributed by atoms with van der Waals surface area (Å²) < 4.78 is 0. The second-order valence-electron chi connectivity index (χ2n) is 3.19. The minimum absolute atomic E-state index is 0.217. The first-order valence-corrected chi connectivity index (χ1v) is 4.10. The summed E-state index contributed by atoms with van der Waals surface area (Å²) in [5.74, 6) is -0.217. The maximum Gasteiger partial charge on any atom is 0.321 e. The molecule has 0 aromatic heterocycles. The van der Waals surface area contributed by atoms with E-state index in [1.165, 1.54) is 0 Å². The van der Waals surface area contributed by atoms with Crippen LogP contribution in [-0.2, 0) is 4.79 Å². The lowest BCUT2D eigenvalue weighted by Crippen LogP contribution is -2.60. The SMILES string of the molecule is O=C1NCC(NC2CC2)C(=O)N1. The standard InChI is InChI=1S/C7H11N3O2/c11-6-5(9-4-1-2-4)3-8-7(12)10-6/h4-5,9H,1-3H2,(H2,8,10,11,12). The van der Waals surface area contributed by atoms with Crippen molar-refractivity contribution in [3.05, 3.63) is 0 Å². The van der Waals surface area contributed by atoms with Gasteiger partial charge in [-0.1, -0.05) is 0 Å². The Balaban J connectivity index is 1.88. The number of carbonyl (C=O) groups excluding carboxylic acids is 2. The number of imide groups is 1. The third-order valence-electron chi connectivity index (χ3n) is 2.03. The first kappa shape index (κ1) is 7.54. The summed E-state index contributed by atoms with van der Waals surface area (Å²) in [7, 11) is 0. The molecule has 0 spiro atoms. The third-order valence-corrected chi connectivity index (χ3v) is 2.03. The van der Waals surface area contributed by atoms with Crippen molar-refractivity contribution < 1.29 is 9.59 Å². The van der Waals surface area contributed by atoms with Crippen LogP contribution in [0, 0.1) is 0 Å². The molecule has 2 rings (SSSR count). The molecule has 0 radical (unpaired) electrons. The monoisotopic (exact) mass is 169 g/mol. The quantitative estimate of drug-likeness (QED) is 0.494. The zero-order valence-corrected chi connectivity index (χ0v) is 6.59. The van der Waals surface area contributed by atoms with E-state index >= 15 is 0 Å². The molecule has 3 N–H and O–H groups in total. The van der Waals surface area contributed by atoms with Crippen LogP contribution in [0.15, 0.2) is 0 Å². The molecule has 0 aromatic rings. The van der Waals surface area contributed by atoms with Crippen LogP contribution in [0.1, 0.15) is 12.8 Å². The number of nitrogens with one attached hydrogen (secondary N) is 3. The van der Waals surface area contributed by atoms with Crippen LogP contribution in [0.3, 0.4) is 0 Å². The summed E-state index contributed by atoms with van der Waals surface area (Å²) in [5, 5.41) is 7.91. The van der Waals surface area contributed by atoms with Crippen LogP contribution in [0.2, 0.25) is 0 Å². The van der Waals surface area contributed by atoms with E-state index in [2.05, 4.69) is 16.0 Å².